The summed E-state index contributed by atoms with van der Waals surface area (Å²) >= 11 is 3.01. The quantitative estimate of drug-likeness (QED) is 0.735. The predicted molar refractivity (Wildman–Crippen MR) is 57.3 cm³/mol. The van der Waals surface area contributed by atoms with Gasteiger partial charge >= 0.3 is 0 Å². The molecule has 0 spiro atoms. The zero-order valence-electron chi connectivity index (χ0n) is 7.87. The molecule has 0 atom stereocenters. The molecule has 1 fully saturated rings. The van der Waals surface area contributed by atoms with Gasteiger partial charge in [0.05, 0.1) is 0 Å². The van der Waals surface area contributed by atoms with Crippen LogP contribution in [0.5, 0.6) is 0 Å². The zero-order valence-corrected chi connectivity index (χ0v) is 10.3. The maximum atomic E-state index is 11.5. The first kappa shape index (κ1) is 11.5. The fourth-order valence-corrected chi connectivity index (χ4v) is 3.54. The average Bonchev–Trinajstić information content (AvgIpc) is 2.18. The monoisotopic (exact) mass is 269 g/mol. The molecule has 1 saturated carbocycles. The minimum absolute atomic E-state index is 0.0347. The second kappa shape index (κ2) is 4.75. The van der Waals surface area contributed by atoms with Gasteiger partial charge in [-0.1, -0.05) is 35.2 Å². The number of rotatable bonds is 3. The van der Waals surface area contributed by atoms with Crippen molar-refractivity contribution in [3.05, 3.63) is 0 Å². The van der Waals surface area contributed by atoms with E-state index in [0.717, 1.165) is 25.7 Å². The Bertz CT molecular complexity index is 247. The summed E-state index contributed by atoms with van der Waals surface area (Å²) in [5.74, 6) is 0. The highest BCUT2D eigenvalue weighted by molar-refractivity contribution is 9.10. The van der Waals surface area contributed by atoms with E-state index in [1.54, 1.807) is 7.05 Å². The first-order valence-electron chi connectivity index (χ1n) is 4.59. The number of hydrogen-bond acceptors (Lipinski definition) is 2. The molecule has 0 bridgehead atoms. The Balaban J connectivity index is 2.60. The lowest BCUT2D eigenvalue weighted by molar-refractivity contribution is 0.287. The molecule has 1 aliphatic rings. The molecule has 13 heavy (non-hydrogen) atoms. The van der Waals surface area contributed by atoms with E-state index in [4.69, 9.17) is 0 Å². The number of nitrogens with zero attached hydrogens (tertiary/aromatic N) is 1. The Morgan fingerprint density at radius 3 is 2.31 bits per heavy atom. The second-order valence-electron chi connectivity index (χ2n) is 3.53. The fourth-order valence-electron chi connectivity index (χ4n) is 1.75. The molecular weight excluding hydrogens is 254 g/mol. The van der Waals surface area contributed by atoms with Gasteiger partial charge in [-0.3, -0.25) is 0 Å². The lowest BCUT2D eigenvalue weighted by Crippen LogP contribution is -2.38. The maximum Gasteiger partial charge on any atom is 0.224 e. The van der Waals surface area contributed by atoms with Crippen molar-refractivity contribution in [1.82, 2.24) is 4.31 Å². The zero-order chi connectivity index (χ0) is 9.90. The summed E-state index contributed by atoms with van der Waals surface area (Å²) < 4.78 is 24.5. The van der Waals surface area contributed by atoms with Gasteiger partial charge in [0, 0.05) is 13.1 Å². The van der Waals surface area contributed by atoms with Gasteiger partial charge in [-0.05, 0) is 12.8 Å². The van der Waals surface area contributed by atoms with Crippen molar-refractivity contribution in [3.8, 4) is 0 Å². The van der Waals surface area contributed by atoms with Crippen molar-refractivity contribution in [3.63, 3.8) is 0 Å². The standard InChI is InChI=1S/C8H16BrNO2S/c1-10(13(11,12)7-9)8-5-3-2-4-6-8/h8H,2-7H2,1H3. The van der Waals surface area contributed by atoms with Gasteiger partial charge in [-0.25, -0.2) is 12.7 Å². The maximum absolute atomic E-state index is 11.5. The van der Waals surface area contributed by atoms with E-state index in [9.17, 15) is 8.42 Å². The normalized spacial score (nSPS) is 20.8. The van der Waals surface area contributed by atoms with Gasteiger partial charge in [-0.2, -0.15) is 0 Å². The SMILES string of the molecule is CN(C1CCCCC1)S(=O)(=O)CBr. The number of alkyl halides is 1. The summed E-state index contributed by atoms with van der Waals surface area (Å²) in [7, 11) is -1.36. The highest BCUT2D eigenvalue weighted by Crippen LogP contribution is 2.23. The largest absolute Gasteiger partial charge is 0.224 e. The summed E-state index contributed by atoms with van der Waals surface area (Å²) in [6, 6.07) is 0.233. The van der Waals surface area contributed by atoms with Crippen molar-refractivity contribution in [2.75, 3.05) is 11.7 Å². The van der Waals surface area contributed by atoms with Crippen LogP contribution < -0.4 is 0 Å². The van der Waals surface area contributed by atoms with E-state index in [2.05, 4.69) is 15.9 Å². The number of hydrogen-bond donors (Lipinski definition) is 0. The van der Waals surface area contributed by atoms with E-state index in [1.165, 1.54) is 10.7 Å². The van der Waals surface area contributed by atoms with Crippen LogP contribution in [0.4, 0.5) is 0 Å². The second-order valence-corrected chi connectivity index (χ2v) is 6.86. The lowest BCUT2D eigenvalue weighted by Gasteiger charge is -2.29. The molecule has 0 aromatic rings. The molecule has 0 saturated heterocycles. The molecule has 78 valence electrons. The summed E-state index contributed by atoms with van der Waals surface area (Å²) in [4.78, 5) is 0. The van der Waals surface area contributed by atoms with Crippen LogP contribution in [-0.2, 0) is 10.0 Å². The van der Waals surface area contributed by atoms with Crippen molar-refractivity contribution in [1.29, 1.82) is 0 Å². The van der Waals surface area contributed by atoms with E-state index < -0.39 is 10.0 Å². The van der Waals surface area contributed by atoms with Crippen LogP contribution in [0.15, 0.2) is 0 Å². The van der Waals surface area contributed by atoms with Gasteiger partial charge < -0.3 is 0 Å². The smallest absolute Gasteiger partial charge is 0.211 e. The van der Waals surface area contributed by atoms with Crippen LogP contribution in [0, 0.1) is 0 Å². The lowest BCUT2D eigenvalue weighted by atomic mass is 9.96. The first-order valence-corrected chi connectivity index (χ1v) is 7.32. The molecular formula is C8H16BrNO2S. The molecule has 0 aromatic heterocycles. The van der Waals surface area contributed by atoms with Crippen LogP contribution in [0.25, 0.3) is 0 Å². The molecule has 0 radical (unpaired) electrons. The molecule has 0 heterocycles. The molecule has 3 nitrogen and oxygen atoms in total. The van der Waals surface area contributed by atoms with Crippen molar-refractivity contribution in [2.24, 2.45) is 0 Å². The minimum Gasteiger partial charge on any atom is -0.211 e. The van der Waals surface area contributed by atoms with Crippen LogP contribution in [0.1, 0.15) is 32.1 Å². The molecule has 0 aromatic carbocycles. The topological polar surface area (TPSA) is 37.4 Å². The third-order valence-electron chi connectivity index (χ3n) is 2.67. The third-order valence-corrected chi connectivity index (χ3v) is 5.85. The summed E-state index contributed by atoms with van der Waals surface area (Å²) in [6.45, 7) is 0. The molecule has 0 amide bonds. The fraction of sp³-hybridized carbons (Fsp3) is 1.00. The number of sulfonamides is 1. The highest BCUT2D eigenvalue weighted by atomic mass is 79.9. The molecule has 0 unspecified atom stereocenters. The molecule has 1 rings (SSSR count). The Hall–Kier alpha value is 0.390. The molecule has 0 aliphatic heterocycles. The average molecular weight is 270 g/mol. The Kier molecular flexibility index (Phi) is 4.19. The summed E-state index contributed by atoms with van der Waals surface area (Å²) in [6.07, 6.45) is 5.60. The van der Waals surface area contributed by atoms with Gasteiger partial charge in [0.2, 0.25) is 10.0 Å². The van der Waals surface area contributed by atoms with E-state index >= 15 is 0 Å². The third kappa shape index (κ3) is 2.92. The van der Waals surface area contributed by atoms with E-state index in [0.29, 0.717) is 0 Å². The highest BCUT2D eigenvalue weighted by Gasteiger charge is 2.26. The van der Waals surface area contributed by atoms with E-state index in [-0.39, 0.29) is 10.7 Å². The minimum atomic E-state index is -3.05. The Labute approximate surface area is 88.7 Å². The molecule has 5 heteroatoms. The molecule has 0 N–H and O–H groups in total. The van der Waals surface area contributed by atoms with Crippen molar-refractivity contribution < 1.29 is 8.42 Å². The molecule has 1 aliphatic carbocycles. The van der Waals surface area contributed by atoms with Gasteiger partial charge in [0.15, 0.2) is 0 Å². The number of halogens is 1. The van der Waals surface area contributed by atoms with Gasteiger partial charge in [0.25, 0.3) is 0 Å². The van der Waals surface area contributed by atoms with E-state index in [1.807, 2.05) is 0 Å². The summed E-state index contributed by atoms with van der Waals surface area (Å²) in [5.41, 5.74) is 0. The first-order chi connectivity index (χ1) is 6.08. The van der Waals surface area contributed by atoms with Crippen molar-refractivity contribution in [2.45, 2.75) is 38.1 Å². The summed E-state index contributed by atoms with van der Waals surface area (Å²) in [5, 5.41) is 0. The Morgan fingerprint density at radius 2 is 1.85 bits per heavy atom. The van der Waals surface area contributed by atoms with Gasteiger partial charge in [-0.15, -0.1) is 0 Å². The van der Waals surface area contributed by atoms with Crippen LogP contribution in [0.2, 0.25) is 0 Å². The van der Waals surface area contributed by atoms with Crippen LogP contribution >= 0.6 is 15.9 Å². The predicted octanol–water partition coefficient (Wildman–Crippen LogP) is 1.93. The van der Waals surface area contributed by atoms with Crippen molar-refractivity contribution >= 4 is 26.0 Å². The van der Waals surface area contributed by atoms with Gasteiger partial charge in [0.1, 0.15) is 4.66 Å². The Morgan fingerprint density at radius 1 is 1.31 bits per heavy atom. The van der Waals surface area contributed by atoms with Crippen LogP contribution in [0.3, 0.4) is 0 Å². The van der Waals surface area contributed by atoms with Crippen LogP contribution in [-0.4, -0.2) is 30.5 Å².